The van der Waals surface area contributed by atoms with Gasteiger partial charge in [0.25, 0.3) is 5.91 Å². The molecular formula is C21H17F3N2O2S. The summed E-state index contributed by atoms with van der Waals surface area (Å²) in [5.74, 6) is 0.852. The normalized spacial score (nSPS) is 13.8. The lowest BCUT2D eigenvalue weighted by Gasteiger charge is -2.29. The van der Waals surface area contributed by atoms with E-state index in [1.165, 1.54) is 23.5 Å². The summed E-state index contributed by atoms with van der Waals surface area (Å²) in [6.07, 6.45) is -3.79. The van der Waals surface area contributed by atoms with E-state index in [0.717, 1.165) is 23.3 Å². The minimum Gasteiger partial charge on any atom is -0.457 e. The molecule has 4 nitrogen and oxygen atoms in total. The zero-order valence-corrected chi connectivity index (χ0v) is 16.0. The average molecular weight is 418 g/mol. The first-order valence-corrected chi connectivity index (χ1v) is 9.78. The number of nitrogens with two attached hydrogens (primary N) is 1. The van der Waals surface area contributed by atoms with E-state index in [1.807, 2.05) is 12.1 Å². The van der Waals surface area contributed by atoms with Crippen LogP contribution in [-0.4, -0.2) is 17.4 Å². The smallest absolute Gasteiger partial charge is 0.416 e. The molecule has 0 bridgehead atoms. The van der Waals surface area contributed by atoms with Gasteiger partial charge in [0.15, 0.2) is 0 Å². The predicted molar refractivity (Wildman–Crippen MR) is 105 cm³/mol. The number of hydrogen-bond donors (Lipinski definition) is 1. The molecule has 150 valence electrons. The number of halogens is 3. The van der Waals surface area contributed by atoms with Crippen LogP contribution in [0, 0.1) is 0 Å². The van der Waals surface area contributed by atoms with Crippen molar-refractivity contribution in [1.29, 1.82) is 0 Å². The van der Waals surface area contributed by atoms with Gasteiger partial charge >= 0.3 is 6.18 Å². The van der Waals surface area contributed by atoms with Gasteiger partial charge in [-0.15, -0.1) is 11.3 Å². The molecule has 29 heavy (non-hydrogen) atoms. The van der Waals surface area contributed by atoms with Gasteiger partial charge in [-0.3, -0.25) is 4.79 Å². The molecule has 0 radical (unpaired) electrons. The van der Waals surface area contributed by atoms with Gasteiger partial charge in [-0.05, 0) is 48.4 Å². The molecule has 0 unspecified atom stereocenters. The molecule has 0 saturated heterocycles. The molecule has 1 aromatic heterocycles. The number of alkyl halides is 3. The van der Waals surface area contributed by atoms with Gasteiger partial charge in [-0.25, -0.2) is 0 Å². The van der Waals surface area contributed by atoms with Crippen molar-refractivity contribution < 1.29 is 22.7 Å². The number of rotatable bonds is 3. The van der Waals surface area contributed by atoms with Gasteiger partial charge in [-0.1, -0.05) is 12.1 Å². The van der Waals surface area contributed by atoms with Crippen molar-refractivity contribution in [2.45, 2.75) is 19.1 Å². The molecule has 0 saturated carbocycles. The number of nitrogens with zero attached hydrogens (tertiary/aromatic N) is 1. The molecule has 1 aliphatic rings. The number of carbonyl (C=O) groups excluding carboxylic acids is 1. The first kappa shape index (κ1) is 19.3. The van der Waals surface area contributed by atoms with Crippen molar-refractivity contribution >= 4 is 22.2 Å². The van der Waals surface area contributed by atoms with E-state index in [1.54, 1.807) is 22.4 Å². The molecule has 1 aliphatic heterocycles. The van der Waals surface area contributed by atoms with Crippen molar-refractivity contribution in [3.8, 4) is 11.5 Å². The first-order valence-electron chi connectivity index (χ1n) is 8.90. The zero-order valence-electron chi connectivity index (χ0n) is 15.2. The number of amides is 1. The molecule has 8 heteroatoms. The standard InChI is InChI=1S/C21H17F3N2O2S/c22-21(23,24)15-4-6-16(7-5-15)28-18-3-1-2-13-11-26(9-8-17(13)18)20(27)14-10-19(25)29-12-14/h1-7,10,12H,8-9,11,25H2. The van der Waals surface area contributed by atoms with Gasteiger partial charge in [0.1, 0.15) is 11.5 Å². The zero-order chi connectivity index (χ0) is 20.6. The van der Waals surface area contributed by atoms with Gasteiger partial charge in [0.05, 0.1) is 16.1 Å². The number of nitrogen functional groups attached to an aromatic ring is 1. The predicted octanol–water partition coefficient (Wildman–Crippen LogP) is 5.34. The number of thiophene rings is 1. The Bertz CT molecular complexity index is 1040. The first-order chi connectivity index (χ1) is 13.8. The van der Waals surface area contributed by atoms with Crippen LogP contribution in [0.25, 0.3) is 0 Å². The fraction of sp³-hybridized carbons (Fsp3) is 0.190. The SMILES string of the molecule is Nc1cc(C(=O)N2CCc3c(cccc3Oc3ccc(C(F)(F)F)cc3)C2)cs1. The molecule has 0 fully saturated rings. The highest BCUT2D eigenvalue weighted by molar-refractivity contribution is 7.14. The third kappa shape index (κ3) is 4.07. The van der Waals surface area contributed by atoms with Crippen LogP contribution >= 0.6 is 11.3 Å². The van der Waals surface area contributed by atoms with Crippen molar-refractivity contribution in [3.05, 3.63) is 76.2 Å². The Hall–Kier alpha value is -3.00. The summed E-state index contributed by atoms with van der Waals surface area (Å²) in [5.41, 5.74) is 7.49. The Balaban J connectivity index is 1.52. The summed E-state index contributed by atoms with van der Waals surface area (Å²) in [5, 5.41) is 2.34. The van der Waals surface area contributed by atoms with E-state index in [2.05, 4.69) is 0 Å². The number of benzene rings is 2. The summed E-state index contributed by atoms with van der Waals surface area (Å²) in [4.78, 5) is 14.4. The van der Waals surface area contributed by atoms with Gasteiger partial charge in [-0.2, -0.15) is 13.2 Å². The fourth-order valence-electron chi connectivity index (χ4n) is 3.33. The van der Waals surface area contributed by atoms with Gasteiger partial charge in [0, 0.05) is 24.0 Å². The van der Waals surface area contributed by atoms with E-state index in [9.17, 15) is 18.0 Å². The number of anilines is 1. The molecular weight excluding hydrogens is 401 g/mol. The van der Waals surface area contributed by atoms with E-state index >= 15 is 0 Å². The maximum atomic E-state index is 12.7. The quantitative estimate of drug-likeness (QED) is 0.625. The molecule has 2 aromatic carbocycles. The maximum Gasteiger partial charge on any atom is 0.416 e. The number of hydrogen-bond acceptors (Lipinski definition) is 4. The van der Waals surface area contributed by atoms with Crippen LogP contribution < -0.4 is 10.5 Å². The van der Waals surface area contributed by atoms with Crippen LogP contribution in [0.3, 0.4) is 0 Å². The van der Waals surface area contributed by atoms with Crippen molar-refractivity contribution in [2.75, 3.05) is 12.3 Å². The Morgan fingerprint density at radius 3 is 2.55 bits per heavy atom. The lowest BCUT2D eigenvalue weighted by molar-refractivity contribution is -0.137. The van der Waals surface area contributed by atoms with Crippen LogP contribution in [0.4, 0.5) is 18.2 Å². The second-order valence-electron chi connectivity index (χ2n) is 6.73. The number of carbonyl (C=O) groups is 1. The molecule has 4 rings (SSSR count). The molecule has 1 amide bonds. The molecule has 0 atom stereocenters. The van der Waals surface area contributed by atoms with Crippen LogP contribution in [0.1, 0.15) is 27.0 Å². The fourth-order valence-corrected chi connectivity index (χ4v) is 3.96. The van der Waals surface area contributed by atoms with E-state index in [-0.39, 0.29) is 5.91 Å². The van der Waals surface area contributed by atoms with Crippen LogP contribution in [-0.2, 0) is 19.1 Å². The molecule has 0 aliphatic carbocycles. The van der Waals surface area contributed by atoms with Crippen LogP contribution in [0.2, 0.25) is 0 Å². The van der Waals surface area contributed by atoms with Crippen molar-refractivity contribution in [2.24, 2.45) is 0 Å². The topological polar surface area (TPSA) is 55.6 Å². The van der Waals surface area contributed by atoms with Crippen molar-refractivity contribution in [3.63, 3.8) is 0 Å². The molecule has 2 heterocycles. The third-order valence-corrected chi connectivity index (χ3v) is 5.55. The minimum atomic E-state index is -4.38. The number of fused-ring (bicyclic) bond motifs is 1. The average Bonchev–Trinajstić information content (AvgIpc) is 3.13. The second-order valence-corrected chi connectivity index (χ2v) is 7.68. The highest BCUT2D eigenvalue weighted by Crippen LogP contribution is 2.34. The van der Waals surface area contributed by atoms with E-state index in [0.29, 0.717) is 41.6 Å². The van der Waals surface area contributed by atoms with Gasteiger partial charge < -0.3 is 15.4 Å². The Kier molecular flexibility index (Phi) is 4.96. The van der Waals surface area contributed by atoms with Gasteiger partial charge in [0.2, 0.25) is 0 Å². The van der Waals surface area contributed by atoms with Crippen LogP contribution in [0.15, 0.2) is 53.9 Å². The highest BCUT2D eigenvalue weighted by atomic mass is 32.1. The Morgan fingerprint density at radius 2 is 1.90 bits per heavy atom. The number of ether oxygens (including phenoxy) is 1. The lowest BCUT2D eigenvalue weighted by Crippen LogP contribution is -2.35. The monoisotopic (exact) mass is 418 g/mol. The summed E-state index contributed by atoms with van der Waals surface area (Å²) < 4.78 is 44.0. The minimum absolute atomic E-state index is 0.0716. The van der Waals surface area contributed by atoms with Crippen LogP contribution in [0.5, 0.6) is 11.5 Å². The highest BCUT2D eigenvalue weighted by Gasteiger charge is 2.30. The van der Waals surface area contributed by atoms with E-state index < -0.39 is 11.7 Å². The molecule has 2 N–H and O–H groups in total. The van der Waals surface area contributed by atoms with E-state index in [4.69, 9.17) is 10.5 Å². The summed E-state index contributed by atoms with van der Waals surface area (Å²) in [6.45, 7) is 0.961. The summed E-state index contributed by atoms with van der Waals surface area (Å²) in [6, 6.07) is 11.8. The molecule has 0 spiro atoms. The lowest BCUT2D eigenvalue weighted by atomic mass is 9.98. The second kappa shape index (κ2) is 7.44. The summed E-state index contributed by atoms with van der Waals surface area (Å²) in [7, 11) is 0. The summed E-state index contributed by atoms with van der Waals surface area (Å²) >= 11 is 1.33. The largest absolute Gasteiger partial charge is 0.457 e. The Morgan fingerprint density at radius 1 is 1.14 bits per heavy atom. The third-order valence-electron chi connectivity index (χ3n) is 4.79. The van der Waals surface area contributed by atoms with Crippen molar-refractivity contribution in [1.82, 2.24) is 4.90 Å². The maximum absolute atomic E-state index is 12.7. The molecule has 3 aromatic rings. The Labute approximate surface area is 169 Å².